The van der Waals surface area contributed by atoms with Crippen molar-refractivity contribution in [1.29, 1.82) is 0 Å². The number of unbranched alkanes of at least 4 members (excludes halogenated alkanes) is 6. The van der Waals surface area contributed by atoms with E-state index in [2.05, 4.69) is 13.8 Å². The molecule has 0 aromatic rings. The molecular formula is C16H34NdO4P. The summed E-state index contributed by atoms with van der Waals surface area (Å²) in [4.78, 5) is 11.8. The van der Waals surface area contributed by atoms with Gasteiger partial charge in [-0.25, -0.2) is 0 Å². The van der Waals surface area contributed by atoms with Crippen molar-refractivity contribution in [1.82, 2.24) is 0 Å². The van der Waals surface area contributed by atoms with E-state index in [4.69, 9.17) is 9.05 Å². The molecule has 131 valence electrons. The zero-order chi connectivity index (χ0) is 16.1. The summed E-state index contributed by atoms with van der Waals surface area (Å²) >= 11 is 0. The van der Waals surface area contributed by atoms with E-state index in [0.717, 1.165) is 38.5 Å². The minimum Gasteiger partial charge on any atom is -0.756 e. The monoisotopic (exact) mass is 463 g/mol. The first-order valence-corrected chi connectivity index (χ1v) is 10.0. The van der Waals surface area contributed by atoms with Crippen LogP contribution in [0.25, 0.3) is 0 Å². The van der Waals surface area contributed by atoms with Crippen molar-refractivity contribution in [2.45, 2.75) is 104 Å². The average molecular weight is 466 g/mol. The first kappa shape index (κ1) is 25.7. The van der Waals surface area contributed by atoms with E-state index in [1.54, 1.807) is 13.8 Å². The van der Waals surface area contributed by atoms with Crippen LogP contribution in [-0.4, -0.2) is 12.2 Å². The van der Waals surface area contributed by atoms with Crippen LogP contribution < -0.4 is 4.89 Å². The molecule has 0 saturated heterocycles. The molecule has 0 heterocycles. The van der Waals surface area contributed by atoms with Crippen LogP contribution in [-0.2, 0) is 13.6 Å². The third-order valence-corrected chi connectivity index (χ3v) is 4.78. The van der Waals surface area contributed by atoms with Crippen molar-refractivity contribution in [3.63, 3.8) is 0 Å². The molecule has 0 aliphatic carbocycles. The van der Waals surface area contributed by atoms with Gasteiger partial charge >= 0.3 is 40.8 Å². The van der Waals surface area contributed by atoms with Gasteiger partial charge in [-0.1, -0.05) is 65.2 Å². The van der Waals surface area contributed by atoms with Gasteiger partial charge in [-0.3, -0.25) is 4.57 Å². The number of phosphoric acid groups is 1. The van der Waals surface area contributed by atoms with Gasteiger partial charge in [0.1, 0.15) is 0 Å². The molecule has 0 aliphatic rings. The molecule has 0 saturated carbocycles. The van der Waals surface area contributed by atoms with E-state index in [-0.39, 0.29) is 53.0 Å². The molecule has 0 N–H and O–H groups in total. The van der Waals surface area contributed by atoms with Crippen molar-refractivity contribution in [2.75, 3.05) is 0 Å². The molecule has 0 bridgehead atoms. The summed E-state index contributed by atoms with van der Waals surface area (Å²) < 4.78 is 22.0. The molecule has 2 unspecified atom stereocenters. The summed E-state index contributed by atoms with van der Waals surface area (Å²) in [6.07, 6.45) is 9.92. The van der Waals surface area contributed by atoms with Crippen LogP contribution in [0.1, 0.15) is 91.9 Å². The Balaban J connectivity index is 0. The minimum atomic E-state index is -4.17. The molecule has 0 rings (SSSR count). The number of phosphoric ester groups is 1. The Morgan fingerprint density at radius 2 is 1.18 bits per heavy atom. The summed E-state index contributed by atoms with van der Waals surface area (Å²) in [6, 6.07) is 0. The fourth-order valence-electron chi connectivity index (χ4n) is 2.29. The normalized spacial score (nSPS) is 16.6. The molecule has 0 aliphatic heterocycles. The number of rotatable bonds is 14. The van der Waals surface area contributed by atoms with E-state index in [9.17, 15) is 9.46 Å². The Hall–Kier alpha value is 1.46. The van der Waals surface area contributed by atoms with Crippen molar-refractivity contribution in [3.05, 3.63) is 0 Å². The van der Waals surface area contributed by atoms with Crippen molar-refractivity contribution < 1.29 is 59.3 Å². The molecule has 6 heteroatoms. The van der Waals surface area contributed by atoms with Gasteiger partial charge in [-0.05, 0) is 26.7 Å². The van der Waals surface area contributed by atoms with Crippen LogP contribution in [0.15, 0.2) is 0 Å². The van der Waals surface area contributed by atoms with E-state index in [1.807, 2.05) is 0 Å². The van der Waals surface area contributed by atoms with Crippen LogP contribution in [0.2, 0.25) is 0 Å². The Labute approximate surface area is 170 Å². The second kappa shape index (κ2) is 16.0. The fraction of sp³-hybridized carbons (Fsp3) is 1.00. The smallest absolute Gasteiger partial charge is 0.756 e. The number of hydrogen-bond acceptors (Lipinski definition) is 4. The molecule has 4 nitrogen and oxygen atoms in total. The maximum atomic E-state index is 11.8. The topological polar surface area (TPSA) is 58.6 Å². The first-order valence-electron chi connectivity index (χ1n) is 8.59. The third kappa shape index (κ3) is 16.3. The van der Waals surface area contributed by atoms with Crippen LogP contribution in [0.3, 0.4) is 0 Å². The predicted octanol–water partition coefficient (Wildman–Crippen LogP) is 5.21. The van der Waals surface area contributed by atoms with Crippen LogP contribution in [0, 0.1) is 40.8 Å². The predicted molar refractivity (Wildman–Crippen MR) is 86.2 cm³/mol. The molecule has 0 amide bonds. The average Bonchev–Trinajstić information content (AvgIpc) is 2.38. The minimum absolute atomic E-state index is 0. The van der Waals surface area contributed by atoms with E-state index < -0.39 is 7.82 Å². The Kier molecular flexibility index (Phi) is 18.6. The SMILES string of the molecule is CCCCCCC(C)OP(=O)([O-])OC(C)CCCCCC.[Nd+]. The third-order valence-electron chi connectivity index (χ3n) is 3.55. The largest absolute Gasteiger partial charge is 1.00 e. The fourth-order valence-corrected chi connectivity index (χ4v) is 3.43. The summed E-state index contributed by atoms with van der Waals surface area (Å²) in [5, 5.41) is 0. The molecule has 0 spiro atoms. The maximum absolute atomic E-state index is 11.8. The van der Waals surface area contributed by atoms with Crippen LogP contribution >= 0.6 is 7.82 Å². The van der Waals surface area contributed by atoms with Gasteiger partial charge in [0.05, 0.1) is 12.2 Å². The standard InChI is InChI=1S/C16H35O4P.Nd/c1-5-7-9-11-13-15(3)19-21(17,18)20-16(4)14-12-10-8-6-2;/h15-16H,5-14H2,1-4H3,(H,17,18);/q;+1/p-1. The second-order valence-electron chi connectivity index (χ2n) is 5.98. The van der Waals surface area contributed by atoms with Gasteiger partial charge in [0.2, 0.25) is 0 Å². The van der Waals surface area contributed by atoms with Gasteiger partial charge in [0.25, 0.3) is 7.82 Å². The van der Waals surface area contributed by atoms with Crippen LogP contribution in [0.4, 0.5) is 0 Å². The van der Waals surface area contributed by atoms with Gasteiger partial charge in [-0.2, -0.15) is 0 Å². The number of hydrogen-bond donors (Lipinski definition) is 0. The van der Waals surface area contributed by atoms with E-state index in [0.29, 0.717) is 0 Å². The molecule has 1 radical (unpaired) electrons. The zero-order valence-corrected chi connectivity index (χ0v) is 18.9. The molecule has 0 aromatic carbocycles. The summed E-state index contributed by atoms with van der Waals surface area (Å²) in [6.45, 7) is 7.90. The van der Waals surface area contributed by atoms with E-state index >= 15 is 0 Å². The molecule has 0 aromatic heterocycles. The maximum Gasteiger partial charge on any atom is 1.00 e. The zero-order valence-electron chi connectivity index (χ0n) is 14.8. The van der Waals surface area contributed by atoms with Crippen molar-refractivity contribution >= 4 is 7.82 Å². The van der Waals surface area contributed by atoms with Crippen LogP contribution in [0.5, 0.6) is 0 Å². The summed E-state index contributed by atoms with van der Waals surface area (Å²) in [5.41, 5.74) is 0. The Morgan fingerprint density at radius 1 is 0.818 bits per heavy atom. The molecular weight excluding hydrogens is 431 g/mol. The van der Waals surface area contributed by atoms with Gasteiger partial charge < -0.3 is 13.9 Å². The van der Waals surface area contributed by atoms with Gasteiger partial charge in [0.15, 0.2) is 0 Å². The second-order valence-corrected chi connectivity index (χ2v) is 7.29. The quantitative estimate of drug-likeness (QED) is 0.261. The summed E-state index contributed by atoms with van der Waals surface area (Å²) in [5.74, 6) is 0. The van der Waals surface area contributed by atoms with E-state index in [1.165, 1.54) is 25.7 Å². The molecule has 2 atom stereocenters. The van der Waals surface area contributed by atoms with Gasteiger partial charge in [0, 0.05) is 0 Å². The van der Waals surface area contributed by atoms with Gasteiger partial charge in [-0.15, -0.1) is 0 Å². The molecule has 0 fully saturated rings. The Morgan fingerprint density at radius 3 is 1.50 bits per heavy atom. The Bertz CT molecular complexity index is 265. The molecule has 22 heavy (non-hydrogen) atoms. The first-order chi connectivity index (χ1) is 9.91. The summed E-state index contributed by atoms with van der Waals surface area (Å²) in [7, 11) is -4.17. The van der Waals surface area contributed by atoms with Crippen molar-refractivity contribution in [2.24, 2.45) is 0 Å². The van der Waals surface area contributed by atoms with Crippen molar-refractivity contribution in [3.8, 4) is 0 Å².